The Kier molecular flexibility index (Phi) is 6.59. The van der Waals surface area contributed by atoms with E-state index >= 15 is 0 Å². The number of nitrogens with zero attached hydrogens (tertiary/aromatic N) is 3. The summed E-state index contributed by atoms with van der Waals surface area (Å²) in [6, 6.07) is 20.0. The van der Waals surface area contributed by atoms with Crippen molar-refractivity contribution in [2.75, 3.05) is 15.9 Å². The second kappa shape index (κ2) is 9.88. The predicted molar refractivity (Wildman–Crippen MR) is 148 cm³/mol. The van der Waals surface area contributed by atoms with Gasteiger partial charge in [0.15, 0.2) is 5.11 Å². The van der Waals surface area contributed by atoms with Crippen molar-refractivity contribution in [3.63, 3.8) is 0 Å². The number of rotatable bonds is 7. The van der Waals surface area contributed by atoms with Gasteiger partial charge >= 0.3 is 0 Å². The van der Waals surface area contributed by atoms with Gasteiger partial charge < -0.3 is 14.6 Å². The molecule has 1 saturated heterocycles. The lowest BCUT2D eigenvalue weighted by Gasteiger charge is -2.26. The Hall–Kier alpha value is -4.29. The number of pyridine rings is 1. The van der Waals surface area contributed by atoms with Gasteiger partial charge in [-0.1, -0.05) is 18.2 Å². The molecule has 12 heteroatoms. The van der Waals surface area contributed by atoms with E-state index in [-0.39, 0.29) is 11.7 Å². The highest BCUT2D eigenvalue weighted by molar-refractivity contribution is 7.92. The maximum Gasteiger partial charge on any atom is 0.270 e. The van der Waals surface area contributed by atoms with Crippen LogP contribution in [0.1, 0.15) is 29.1 Å². The molecule has 2 atom stereocenters. The lowest BCUT2D eigenvalue weighted by Crippen LogP contribution is -2.29. The normalized spacial score (nSPS) is 17.3. The lowest BCUT2D eigenvalue weighted by molar-refractivity contribution is -0.384. The Morgan fingerprint density at radius 1 is 1.11 bits per heavy atom. The summed E-state index contributed by atoms with van der Waals surface area (Å²) in [7, 11) is -3.44. The van der Waals surface area contributed by atoms with Crippen LogP contribution in [-0.4, -0.2) is 29.7 Å². The molecule has 5 rings (SSSR count). The van der Waals surface area contributed by atoms with Gasteiger partial charge in [0.1, 0.15) is 17.6 Å². The van der Waals surface area contributed by atoms with E-state index in [9.17, 15) is 18.5 Å². The molecule has 3 heterocycles. The van der Waals surface area contributed by atoms with Gasteiger partial charge in [-0.2, -0.15) is 0 Å². The average Bonchev–Trinajstić information content (AvgIpc) is 3.50. The van der Waals surface area contributed by atoms with Crippen LogP contribution in [0.2, 0.25) is 0 Å². The van der Waals surface area contributed by atoms with E-state index in [4.69, 9.17) is 16.6 Å². The minimum absolute atomic E-state index is 0.0320. The van der Waals surface area contributed by atoms with Crippen LogP contribution in [0.15, 0.2) is 83.4 Å². The van der Waals surface area contributed by atoms with Crippen LogP contribution in [0, 0.1) is 17.0 Å². The Labute approximate surface area is 224 Å². The molecule has 10 nitrogen and oxygen atoms in total. The summed E-state index contributed by atoms with van der Waals surface area (Å²) < 4.78 is 32.3. The summed E-state index contributed by atoms with van der Waals surface area (Å²) in [5.41, 5.74) is 3.21. The fourth-order valence-electron chi connectivity index (χ4n) is 4.47. The fraction of sp³-hybridized carbons (Fsp3) is 0.154. The van der Waals surface area contributed by atoms with Crippen molar-refractivity contribution >= 4 is 44.4 Å². The molecular weight excluding hydrogens is 526 g/mol. The number of non-ortho nitro benzene ring substituents is 1. The van der Waals surface area contributed by atoms with Gasteiger partial charge in [0, 0.05) is 29.6 Å². The van der Waals surface area contributed by atoms with E-state index in [1.165, 1.54) is 12.1 Å². The molecule has 0 unspecified atom stereocenters. The summed E-state index contributed by atoms with van der Waals surface area (Å²) in [6.07, 6.45) is 2.80. The summed E-state index contributed by atoms with van der Waals surface area (Å²) in [4.78, 5) is 17.2. The number of nitro groups is 1. The monoisotopic (exact) mass is 549 g/mol. The molecule has 38 heavy (non-hydrogen) atoms. The van der Waals surface area contributed by atoms with E-state index in [0.717, 1.165) is 17.6 Å². The minimum atomic E-state index is -3.44. The maximum atomic E-state index is 11.8. The number of sulfonamides is 1. The summed E-state index contributed by atoms with van der Waals surface area (Å²) in [5, 5.41) is 15.1. The van der Waals surface area contributed by atoms with Gasteiger partial charge in [0.05, 0.1) is 28.6 Å². The number of aromatic nitrogens is 1. The Morgan fingerprint density at radius 2 is 1.92 bits per heavy atom. The van der Waals surface area contributed by atoms with Crippen LogP contribution in [-0.2, 0) is 10.0 Å². The smallest absolute Gasteiger partial charge is 0.270 e. The lowest BCUT2D eigenvalue weighted by atomic mass is 10.0. The number of thiocarbonyl (C=S) groups is 1. The third kappa shape index (κ3) is 5.08. The zero-order valence-electron chi connectivity index (χ0n) is 20.4. The zero-order valence-corrected chi connectivity index (χ0v) is 22.0. The fourth-order valence-corrected chi connectivity index (χ4v) is 5.45. The predicted octanol–water partition coefficient (Wildman–Crippen LogP) is 5.11. The number of nitrogens with one attached hydrogen (secondary N) is 2. The van der Waals surface area contributed by atoms with Crippen molar-refractivity contribution in [1.82, 2.24) is 10.3 Å². The molecule has 4 aromatic rings. The molecule has 0 spiro atoms. The summed E-state index contributed by atoms with van der Waals surface area (Å²) in [5.74, 6) is 1.05. The molecule has 0 bridgehead atoms. The molecule has 0 amide bonds. The minimum Gasteiger partial charge on any atom is -0.459 e. The van der Waals surface area contributed by atoms with Crippen molar-refractivity contribution < 1.29 is 17.8 Å². The van der Waals surface area contributed by atoms with Gasteiger partial charge in [-0.25, -0.2) is 8.42 Å². The maximum absolute atomic E-state index is 11.8. The number of hydrogen-bond acceptors (Lipinski definition) is 7. The van der Waals surface area contributed by atoms with Crippen molar-refractivity contribution in [2.45, 2.75) is 19.0 Å². The molecule has 194 valence electrons. The number of anilines is 2. The van der Waals surface area contributed by atoms with Crippen LogP contribution in [0.5, 0.6) is 0 Å². The number of hydrogen-bond donors (Lipinski definition) is 2. The summed E-state index contributed by atoms with van der Waals surface area (Å²) >= 11 is 5.75. The van der Waals surface area contributed by atoms with Gasteiger partial charge in [0.2, 0.25) is 10.0 Å². The number of nitro benzene ring substituents is 1. The van der Waals surface area contributed by atoms with Crippen LogP contribution >= 0.6 is 12.2 Å². The quantitative estimate of drug-likeness (QED) is 0.183. The highest BCUT2D eigenvalue weighted by Crippen LogP contribution is 2.43. The third-order valence-corrected chi connectivity index (χ3v) is 7.05. The SMILES string of the molecule is Cc1cc(N2C(=S)N[C@@H](c3ccccn3)[C@@H]2c2ccc(-c3cccc([N+](=O)[O-])c3)o2)ccc1NS(C)(=O)=O. The second-order valence-electron chi connectivity index (χ2n) is 8.88. The van der Waals surface area contributed by atoms with Gasteiger partial charge in [-0.15, -0.1) is 0 Å². The van der Waals surface area contributed by atoms with E-state index in [1.807, 2.05) is 42.2 Å². The second-order valence-corrected chi connectivity index (χ2v) is 11.0. The van der Waals surface area contributed by atoms with Crippen molar-refractivity contribution in [3.05, 3.63) is 106 Å². The largest absolute Gasteiger partial charge is 0.459 e. The first-order chi connectivity index (χ1) is 18.1. The van der Waals surface area contributed by atoms with Gasteiger partial charge in [-0.3, -0.25) is 19.8 Å². The Morgan fingerprint density at radius 3 is 2.61 bits per heavy atom. The van der Waals surface area contributed by atoms with Crippen LogP contribution in [0.4, 0.5) is 17.1 Å². The van der Waals surface area contributed by atoms with E-state index in [0.29, 0.717) is 33.4 Å². The first-order valence-electron chi connectivity index (χ1n) is 11.5. The Balaban J connectivity index is 1.58. The molecule has 0 aliphatic carbocycles. The molecular formula is C26H23N5O5S2. The molecule has 1 aliphatic rings. The standard InChI is InChI=1S/C26H23N5O5S2/c1-16-14-18(9-10-20(16)29-38(2,34)35)30-25(24(28-26(30)37)21-8-3-4-13-27-21)23-12-11-22(36-23)17-6-5-7-19(15-17)31(32)33/h3-15,24-25,29H,1-2H3,(H,28,37)/t24-,25-/m0/s1. The molecule has 0 saturated carbocycles. The van der Waals surface area contributed by atoms with Crippen LogP contribution < -0.4 is 14.9 Å². The third-order valence-electron chi connectivity index (χ3n) is 6.14. The zero-order chi connectivity index (χ0) is 27.0. The van der Waals surface area contributed by atoms with E-state index in [1.54, 1.807) is 36.5 Å². The highest BCUT2D eigenvalue weighted by Gasteiger charge is 2.42. The van der Waals surface area contributed by atoms with E-state index < -0.39 is 21.0 Å². The molecule has 0 radical (unpaired) electrons. The average molecular weight is 550 g/mol. The topological polar surface area (TPSA) is 131 Å². The molecule has 2 aromatic carbocycles. The molecule has 2 N–H and O–H groups in total. The van der Waals surface area contributed by atoms with Gasteiger partial charge in [-0.05, 0) is 67.2 Å². The number of furan rings is 1. The number of benzene rings is 2. The first-order valence-corrected chi connectivity index (χ1v) is 13.8. The first kappa shape index (κ1) is 25.4. The van der Waals surface area contributed by atoms with Crippen LogP contribution in [0.3, 0.4) is 0 Å². The van der Waals surface area contributed by atoms with Crippen molar-refractivity contribution in [2.24, 2.45) is 0 Å². The molecule has 1 fully saturated rings. The molecule has 1 aliphatic heterocycles. The number of aryl methyl sites for hydroxylation is 1. The molecule has 2 aromatic heterocycles. The highest BCUT2D eigenvalue weighted by atomic mass is 32.2. The summed E-state index contributed by atoms with van der Waals surface area (Å²) in [6.45, 7) is 1.81. The van der Waals surface area contributed by atoms with Crippen molar-refractivity contribution in [3.8, 4) is 11.3 Å². The van der Waals surface area contributed by atoms with Crippen LogP contribution in [0.25, 0.3) is 11.3 Å². The van der Waals surface area contributed by atoms with E-state index in [2.05, 4.69) is 15.0 Å². The van der Waals surface area contributed by atoms with Gasteiger partial charge in [0.25, 0.3) is 5.69 Å². The Bertz CT molecular complexity index is 1640. The van der Waals surface area contributed by atoms with Crippen molar-refractivity contribution in [1.29, 1.82) is 0 Å².